The van der Waals surface area contributed by atoms with Gasteiger partial charge in [-0.3, -0.25) is 14.5 Å². The SMILES string of the molecule is O=C1CSc2ccc(N3C[C@H](CNCC4Cn5c(=O)ccc6cccc4c65)OC3=O)cc2N1. The van der Waals surface area contributed by atoms with E-state index in [4.69, 9.17) is 4.74 Å². The number of benzene rings is 2. The summed E-state index contributed by atoms with van der Waals surface area (Å²) in [6.07, 6.45) is -0.666. The molecule has 168 valence electrons. The summed E-state index contributed by atoms with van der Waals surface area (Å²) >= 11 is 1.49. The fraction of sp³-hybridized carbons (Fsp3) is 0.292. The molecule has 1 aromatic heterocycles. The molecule has 1 unspecified atom stereocenters. The van der Waals surface area contributed by atoms with Crippen molar-refractivity contribution in [2.75, 3.05) is 35.6 Å². The number of pyridine rings is 1. The van der Waals surface area contributed by atoms with Gasteiger partial charge in [-0.15, -0.1) is 11.8 Å². The van der Waals surface area contributed by atoms with Crippen molar-refractivity contribution in [2.24, 2.45) is 0 Å². The molecule has 2 amide bonds. The predicted molar refractivity (Wildman–Crippen MR) is 127 cm³/mol. The highest BCUT2D eigenvalue weighted by atomic mass is 32.2. The zero-order chi connectivity index (χ0) is 22.5. The number of carbonyl (C=O) groups excluding carboxylic acids is 2. The number of anilines is 2. The molecule has 1 fully saturated rings. The Bertz CT molecular complexity index is 1350. The van der Waals surface area contributed by atoms with Crippen molar-refractivity contribution in [3.05, 3.63) is 64.4 Å². The molecule has 8 nitrogen and oxygen atoms in total. The van der Waals surface area contributed by atoms with E-state index in [1.807, 2.05) is 41.0 Å². The Morgan fingerprint density at radius 2 is 1.97 bits per heavy atom. The zero-order valence-corrected chi connectivity index (χ0v) is 18.6. The average Bonchev–Trinajstić information content (AvgIpc) is 3.38. The lowest BCUT2D eigenvalue weighted by Crippen LogP contribution is -2.33. The maximum absolute atomic E-state index is 12.5. The first-order valence-corrected chi connectivity index (χ1v) is 11.9. The molecule has 2 aromatic carbocycles. The van der Waals surface area contributed by atoms with Crippen molar-refractivity contribution >= 4 is 46.0 Å². The highest BCUT2D eigenvalue weighted by Crippen LogP contribution is 2.36. The Labute approximate surface area is 193 Å². The minimum Gasteiger partial charge on any atom is -0.443 e. The van der Waals surface area contributed by atoms with Crippen LogP contribution < -0.4 is 21.1 Å². The van der Waals surface area contributed by atoms with E-state index in [2.05, 4.69) is 16.7 Å². The third kappa shape index (κ3) is 3.57. The van der Waals surface area contributed by atoms with Crippen molar-refractivity contribution in [3.63, 3.8) is 0 Å². The van der Waals surface area contributed by atoms with Crippen molar-refractivity contribution < 1.29 is 14.3 Å². The van der Waals surface area contributed by atoms with Crippen LogP contribution in [0.2, 0.25) is 0 Å². The smallest absolute Gasteiger partial charge is 0.414 e. The van der Waals surface area contributed by atoms with E-state index in [1.165, 1.54) is 17.3 Å². The van der Waals surface area contributed by atoms with Gasteiger partial charge in [0.2, 0.25) is 5.91 Å². The molecule has 2 N–H and O–H groups in total. The topological polar surface area (TPSA) is 92.7 Å². The number of hydrogen-bond donors (Lipinski definition) is 2. The number of thioether (sulfide) groups is 1. The predicted octanol–water partition coefficient (Wildman–Crippen LogP) is 2.76. The van der Waals surface area contributed by atoms with Crippen LogP contribution in [-0.2, 0) is 16.1 Å². The molecule has 0 radical (unpaired) electrons. The van der Waals surface area contributed by atoms with Crippen molar-refractivity contribution in [2.45, 2.75) is 23.5 Å². The standard InChI is InChI=1S/C24H22N4O4S/c29-21-13-33-20-6-5-16(8-19(20)26-21)27-12-17(32-24(27)31)10-25-9-15-11-28-22(30)7-4-14-2-1-3-18(15)23(14)28/h1-8,15,17,25H,9-13H2,(H,26,29)/t15?,17-/m0/s1. The maximum Gasteiger partial charge on any atom is 0.414 e. The van der Waals surface area contributed by atoms with Crippen LogP contribution in [-0.4, -0.2) is 48.1 Å². The number of ether oxygens (including phenoxy) is 1. The molecule has 0 bridgehead atoms. The molecule has 2 atom stereocenters. The van der Waals surface area contributed by atoms with Crippen LogP contribution in [0.1, 0.15) is 11.5 Å². The fourth-order valence-electron chi connectivity index (χ4n) is 4.89. The zero-order valence-electron chi connectivity index (χ0n) is 17.7. The van der Waals surface area contributed by atoms with E-state index in [-0.39, 0.29) is 29.6 Å². The lowest BCUT2D eigenvalue weighted by Gasteiger charge is -2.20. The highest BCUT2D eigenvalue weighted by Gasteiger charge is 2.33. The van der Waals surface area contributed by atoms with Crippen molar-refractivity contribution in [1.82, 2.24) is 9.88 Å². The molecular formula is C24H22N4O4S. The van der Waals surface area contributed by atoms with Gasteiger partial charge in [0, 0.05) is 42.2 Å². The van der Waals surface area contributed by atoms with Gasteiger partial charge in [-0.2, -0.15) is 0 Å². The fourth-order valence-corrected chi connectivity index (χ4v) is 5.68. The number of amides is 2. The van der Waals surface area contributed by atoms with Crippen LogP contribution in [0.4, 0.5) is 16.2 Å². The molecule has 33 heavy (non-hydrogen) atoms. The Morgan fingerprint density at radius 3 is 2.88 bits per heavy atom. The molecule has 0 saturated carbocycles. The minimum absolute atomic E-state index is 0.0254. The first-order valence-electron chi connectivity index (χ1n) is 10.9. The summed E-state index contributed by atoms with van der Waals surface area (Å²) < 4.78 is 7.42. The number of fused-ring (bicyclic) bond motifs is 1. The summed E-state index contributed by atoms with van der Waals surface area (Å²) in [7, 11) is 0. The molecule has 3 aliphatic heterocycles. The number of para-hydroxylation sites is 1. The molecular weight excluding hydrogens is 440 g/mol. The maximum atomic E-state index is 12.5. The number of hydrogen-bond acceptors (Lipinski definition) is 6. The van der Waals surface area contributed by atoms with Crippen LogP contribution in [0.15, 0.2) is 58.2 Å². The quantitative estimate of drug-likeness (QED) is 0.606. The van der Waals surface area contributed by atoms with E-state index in [0.29, 0.717) is 37.6 Å². The molecule has 3 aromatic rings. The molecule has 0 spiro atoms. The summed E-state index contributed by atoms with van der Waals surface area (Å²) in [5.74, 6) is 0.558. The van der Waals surface area contributed by atoms with E-state index in [9.17, 15) is 14.4 Å². The van der Waals surface area contributed by atoms with Crippen LogP contribution >= 0.6 is 11.8 Å². The van der Waals surface area contributed by atoms with Crippen molar-refractivity contribution in [3.8, 4) is 0 Å². The molecule has 4 heterocycles. The van der Waals surface area contributed by atoms with Crippen LogP contribution in [0.3, 0.4) is 0 Å². The summed E-state index contributed by atoms with van der Waals surface area (Å²) in [6.45, 7) is 2.30. The summed E-state index contributed by atoms with van der Waals surface area (Å²) in [4.78, 5) is 39.1. The number of carbonyl (C=O) groups is 2. The molecule has 9 heteroatoms. The third-order valence-corrected chi connectivity index (χ3v) is 7.50. The van der Waals surface area contributed by atoms with Gasteiger partial charge in [0.15, 0.2) is 0 Å². The van der Waals surface area contributed by atoms with Crippen molar-refractivity contribution in [1.29, 1.82) is 0 Å². The number of rotatable bonds is 5. The van der Waals surface area contributed by atoms with Crippen LogP contribution in [0, 0.1) is 0 Å². The minimum atomic E-state index is -0.388. The van der Waals surface area contributed by atoms with Crippen LogP contribution in [0.5, 0.6) is 0 Å². The second-order valence-corrected chi connectivity index (χ2v) is 9.57. The second kappa shape index (κ2) is 7.93. The third-order valence-electron chi connectivity index (χ3n) is 6.43. The van der Waals surface area contributed by atoms with E-state index in [1.54, 1.807) is 11.0 Å². The Hall–Kier alpha value is -3.30. The van der Waals surface area contributed by atoms with Gasteiger partial charge in [-0.25, -0.2) is 4.79 Å². The van der Waals surface area contributed by atoms with Gasteiger partial charge < -0.3 is 19.9 Å². The normalized spacial score (nSPS) is 21.3. The molecule has 1 saturated heterocycles. The largest absolute Gasteiger partial charge is 0.443 e. The second-order valence-electron chi connectivity index (χ2n) is 8.56. The van der Waals surface area contributed by atoms with Crippen LogP contribution in [0.25, 0.3) is 10.9 Å². The lowest BCUT2D eigenvalue weighted by molar-refractivity contribution is -0.113. The number of cyclic esters (lactones) is 1. The highest BCUT2D eigenvalue weighted by molar-refractivity contribution is 8.00. The Kier molecular flexibility index (Phi) is 4.88. The first kappa shape index (κ1) is 20.3. The monoisotopic (exact) mass is 462 g/mol. The van der Waals surface area contributed by atoms with Gasteiger partial charge in [-0.1, -0.05) is 18.2 Å². The Balaban J connectivity index is 1.10. The molecule has 6 rings (SSSR count). The van der Waals surface area contributed by atoms with E-state index < -0.39 is 0 Å². The summed E-state index contributed by atoms with van der Waals surface area (Å²) in [5.41, 5.74) is 3.66. The van der Waals surface area contributed by atoms with Gasteiger partial charge >= 0.3 is 6.09 Å². The average molecular weight is 463 g/mol. The summed E-state index contributed by atoms with van der Waals surface area (Å²) in [6, 6.07) is 15.3. The van der Waals surface area contributed by atoms with Gasteiger partial charge in [0.25, 0.3) is 5.56 Å². The number of aromatic nitrogens is 1. The van der Waals surface area contributed by atoms with Gasteiger partial charge in [0.05, 0.1) is 23.5 Å². The number of nitrogens with zero attached hydrogens (tertiary/aromatic N) is 2. The molecule has 3 aliphatic rings. The first-order chi connectivity index (χ1) is 16.1. The van der Waals surface area contributed by atoms with E-state index >= 15 is 0 Å². The van der Waals surface area contributed by atoms with Gasteiger partial charge in [0.1, 0.15) is 6.10 Å². The summed E-state index contributed by atoms with van der Waals surface area (Å²) in [5, 5.41) is 7.37. The lowest BCUT2D eigenvalue weighted by atomic mass is 10.00. The number of nitrogens with one attached hydrogen (secondary N) is 2. The Morgan fingerprint density at radius 1 is 1.06 bits per heavy atom. The van der Waals surface area contributed by atoms with Gasteiger partial charge in [-0.05, 0) is 35.2 Å². The molecule has 0 aliphatic carbocycles. The van der Waals surface area contributed by atoms with E-state index in [0.717, 1.165) is 21.5 Å².